The van der Waals surface area contributed by atoms with Crippen molar-refractivity contribution in [1.82, 2.24) is 0 Å². The molecule has 0 bridgehead atoms. The van der Waals surface area contributed by atoms with Gasteiger partial charge in [-0.3, -0.25) is 14.9 Å². The third-order valence-electron chi connectivity index (χ3n) is 2.04. The van der Waals surface area contributed by atoms with Crippen LogP contribution in [0.3, 0.4) is 0 Å². The van der Waals surface area contributed by atoms with E-state index in [1.165, 1.54) is 6.92 Å². The SMILES string of the molecule is CCC(=O)OCC(C)(CC)[N+](=O)[O-]. The van der Waals surface area contributed by atoms with Gasteiger partial charge in [0.15, 0.2) is 6.61 Å². The van der Waals surface area contributed by atoms with E-state index in [4.69, 9.17) is 4.74 Å². The van der Waals surface area contributed by atoms with Crippen LogP contribution in [0.5, 0.6) is 0 Å². The summed E-state index contributed by atoms with van der Waals surface area (Å²) in [7, 11) is 0. The van der Waals surface area contributed by atoms with Crippen molar-refractivity contribution < 1.29 is 14.5 Å². The highest BCUT2D eigenvalue weighted by molar-refractivity contribution is 5.68. The zero-order chi connectivity index (χ0) is 10.5. The van der Waals surface area contributed by atoms with Crippen molar-refractivity contribution in [3.63, 3.8) is 0 Å². The van der Waals surface area contributed by atoms with Crippen LogP contribution in [0.4, 0.5) is 0 Å². The number of carbonyl (C=O) groups excluding carboxylic acids is 1. The number of carbonyl (C=O) groups is 1. The Bertz CT molecular complexity index is 204. The molecule has 76 valence electrons. The third-order valence-corrected chi connectivity index (χ3v) is 2.04. The van der Waals surface area contributed by atoms with E-state index in [-0.39, 0.29) is 13.0 Å². The second kappa shape index (κ2) is 4.79. The molecule has 13 heavy (non-hydrogen) atoms. The van der Waals surface area contributed by atoms with Crippen LogP contribution in [-0.4, -0.2) is 23.0 Å². The van der Waals surface area contributed by atoms with E-state index in [9.17, 15) is 14.9 Å². The van der Waals surface area contributed by atoms with Gasteiger partial charge >= 0.3 is 5.97 Å². The van der Waals surface area contributed by atoms with Gasteiger partial charge in [-0.15, -0.1) is 0 Å². The van der Waals surface area contributed by atoms with Crippen LogP contribution < -0.4 is 0 Å². The average molecular weight is 189 g/mol. The summed E-state index contributed by atoms with van der Waals surface area (Å²) in [5, 5.41) is 10.6. The summed E-state index contributed by atoms with van der Waals surface area (Å²) in [6.07, 6.45) is 0.592. The molecule has 0 aliphatic carbocycles. The van der Waals surface area contributed by atoms with Gasteiger partial charge in [0.25, 0.3) is 5.54 Å². The molecule has 0 amide bonds. The largest absolute Gasteiger partial charge is 0.458 e. The summed E-state index contributed by atoms with van der Waals surface area (Å²) in [4.78, 5) is 20.9. The zero-order valence-corrected chi connectivity index (χ0v) is 8.20. The lowest BCUT2D eigenvalue weighted by molar-refractivity contribution is -0.569. The van der Waals surface area contributed by atoms with Crippen LogP contribution in [0.15, 0.2) is 0 Å². The van der Waals surface area contributed by atoms with E-state index < -0.39 is 16.4 Å². The Morgan fingerprint density at radius 1 is 1.54 bits per heavy atom. The van der Waals surface area contributed by atoms with Gasteiger partial charge in [-0.1, -0.05) is 13.8 Å². The molecule has 0 aromatic carbocycles. The van der Waals surface area contributed by atoms with Crippen molar-refractivity contribution in [2.24, 2.45) is 0 Å². The summed E-state index contributed by atoms with van der Waals surface area (Å²) >= 11 is 0. The lowest BCUT2D eigenvalue weighted by Gasteiger charge is -2.18. The van der Waals surface area contributed by atoms with Crippen molar-refractivity contribution in [1.29, 1.82) is 0 Å². The molecule has 0 aliphatic rings. The molecule has 0 aromatic heterocycles. The van der Waals surface area contributed by atoms with E-state index >= 15 is 0 Å². The van der Waals surface area contributed by atoms with Crippen LogP contribution in [0, 0.1) is 10.1 Å². The Morgan fingerprint density at radius 2 is 2.08 bits per heavy atom. The summed E-state index contributed by atoms with van der Waals surface area (Å²) in [6.45, 7) is 4.67. The molecule has 0 fully saturated rings. The first-order valence-electron chi connectivity index (χ1n) is 4.26. The molecule has 0 radical (unpaired) electrons. The number of esters is 1. The first kappa shape index (κ1) is 11.9. The molecule has 0 saturated heterocycles. The smallest absolute Gasteiger partial charge is 0.305 e. The standard InChI is InChI=1S/C8H15NO4/c1-4-7(10)13-6-8(3,5-2)9(11)12/h4-6H2,1-3H3. The molecule has 1 atom stereocenters. The van der Waals surface area contributed by atoms with Gasteiger partial charge in [-0.25, -0.2) is 0 Å². The average Bonchev–Trinajstić information content (AvgIpc) is 2.13. The minimum absolute atomic E-state index is 0.150. The van der Waals surface area contributed by atoms with E-state index in [2.05, 4.69) is 0 Å². The predicted octanol–water partition coefficient (Wildman–Crippen LogP) is 1.39. The maximum atomic E-state index is 10.8. The predicted molar refractivity (Wildman–Crippen MR) is 46.9 cm³/mol. The molecule has 0 aliphatic heterocycles. The highest BCUT2D eigenvalue weighted by Gasteiger charge is 2.36. The minimum atomic E-state index is -1.15. The lowest BCUT2D eigenvalue weighted by atomic mass is 10.0. The maximum Gasteiger partial charge on any atom is 0.305 e. The van der Waals surface area contributed by atoms with E-state index in [1.807, 2.05) is 0 Å². The molecule has 0 heterocycles. The van der Waals surface area contributed by atoms with Gasteiger partial charge in [0.05, 0.1) is 0 Å². The van der Waals surface area contributed by atoms with Gasteiger partial charge < -0.3 is 4.74 Å². The Kier molecular flexibility index (Phi) is 4.37. The molecule has 1 unspecified atom stereocenters. The minimum Gasteiger partial charge on any atom is -0.458 e. The van der Waals surface area contributed by atoms with Crippen LogP contribution in [0.1, 0.15) is 33.6 Å². The van der Waals surface area contributed by atoms with E-state index in [0.717, 1.165) is 0 Å². The van der Waals surface area contributed by atoms with Crippen molar-refractivity contribution >= 4 is 5.97 Å². The molecule has 5 nitrogen and oxygen atoms in total. The fourth-order valence-electron chi connectivity index (χ4n) is 0.622. The highest BCUT2D eigenvalue weighted by atomic mass is 16.6. The number of ether oxygens (including phenoxy) is 1. The van der Waals surface area contributed by atoms with Crippen LogP contribution in [0.25, 0.3) is 0 Å². The number of rotatable bonds is 5. The molecule has 0 rings (SSSR count). The van der Waals surface area contributed by atoms with Crippen molar-refractivity contribution in [3.05, 3.63) is 10.1 Å². The molecule has 0 saturated carbocycles. The third kappa shape index (κ3) is 3.40. The number of hydrogen-bond donors (Lipinski definition) is 0. The van der Waals surface area contributed by atoms with Gasteiger partial charge in [-0.2, -0.15) is 0 Å². The molecule has 5 heteroatoms. The number of nitrogens with zero attached hydrogens (tertiary/aromatic N) is 1. The van der Waals surface area contributed by atoms with Crippen LogP contribution in [0.2, 0.25) is 0 Å². The van der Waals surface area contributed by atoms with Gasteiger partial charge in [0.1, 0.15) is 0 Å². The van der Waals surface area contributed by atoms with Crippen molar-refractivity contribution in [3.8, 4) is 0 Å². The normalized spacial score (nSPS) is 14.7. The molecule has 0 N–H and O–H groups in total. The van der Waals surface area contributed by atoms with E-state index in [0.29, 0.717) is 6.42 Å². The second-order valence-corrected chi connectivity index (χ2v) is 3.12. The summed E-state index contributed by atoms with van der Waals surface area (Å²) < 4.78 is 4.73. The first-order valence-corrected chi connectivity index (χ1v) is 4.26. The van der Waals surface area contributed by atoms with Gasteiger partial charge in [-0.05, 0) is 0 Å². The van der Waals surface area contributed by atoms with E-state index in [1.54, 1.807) is 13.8 Å². The fraction of sp³-hybridized carbons (Fsp3) is 0.875. The topological polar surface area (TPSA) is 69.4 Å². The monoisotopic (exact) mass is 189 g/mol. The molecular weight excluding hydrogens is 174 g/mol. The number of hydrogen-bond acceptors (Lipinski definition) is 4. The first-order chi connectivity index (χ1) is 5.96. The maximum absolute atomic E-state index is 10.8. The summed E-state index contributed by atoms with van der Waals surface area (Å²) in [5.41, 5.74) is -1.15. The van der Waals surface area contributed by atoms with Crippen LogP contribution in [-0.2, 0) is 9.53 Å². The quantitative estimate of drug-likeness (QED) is 0.372. The van der Waals surface area contributed by atoms with Crippen molar-refractivity contribution in [2.45, 2.75) is 39.2 Å². The Morgan fingerprint density at radius 3 is 2.38 bits per heavy atom. The van der Waals surface area contributed by atoms with Crippen LogP contribution >= 0.6 is 0 Å². The lowest BCUT2D eigenvalue weighted by Crippen LogP contribution is -2.39. The second-order valence-electron chi connectivity index (χ2n) is 3.12. The molecule has 0 spiro atoms. The highest BCUT2D eigenvalue weighted by Crippen LogP contribution is 2.14. The summed E-state index contributed by atoms with van der Waals surface area (Å²) in [6, 6.07) is 0. The Balaban J connectivity index is 4.13. The van der Waals surface area contributed by atoms with Gasteiger partial charge in [0, 0.05) is 24.7 Å². The number of nitro groups is 1. The fourth-order valence-corrected chi connectivity index (χ4v) is 0.622. The van der Waals surface area contributed by atoms with Crippen molar-refractivity contribution in [2.75, 3.05) is 6.61 Å². The molecular formula is C8H15NO4. The zero-order valence-electron chi connectivity index (χ0n) is 8.20. The Labute approximate surface area is 77.2 Å². The molecule has 0 aromatic rings. The summed E-state index contributed by atoms with van der Waals surface area (Å²) in [5.74, 6) is -0.401. The Hall–Kier alpha value is -1.13. The van der Waals surface area contributed by atoms with Gasteiger partial charge in [0.2, 0.25) is 0 Å².